The number of aliphatic carboxylic acids is 1. The van der Waals surface area contributed by atoms with Gasteiger partial charge in [0.05, 0.1) is 29.7 Å². The Morgan fingerprint density at radius 1 is 1.18 bits per heavy atom. The minimum atomic E-state index is -0.736. The van der Waals surface area contributed by atoms with Crippen LogP contribution in [0.3, 0.4) is 0 Å². The molecule has 0 aromatic heterocycles. The highest BCUT2D eigenvalue weighted by Gasteiger charge is 2.26. The fraction of sp³-hybridized carbons (Fsp3) is 0.400. The van der Waals surface area contributed by atoms with E-state index in [1.165, 1.54) is 0 Å². The van der Waals surface area contributed by atoms with Gasteiger partial charge in [-0.05, 0) is 74.9 Å². The number of carboxylic acids is 1. The summed E-state index contributed by atoms with van der Waals surface area (Å²) in [6, 6.07) is 12.1. The lowest BCUT2D eigenvalue weighted by molar-refractivity contribution is -0.143. The number of carbonyl (C=O) groups is 2. The number of hydrogen-bond donors (Lipinski definition) is 2. The molecule has 1 aliphatic carbocycles. The van der Waals surface area contributed by atoms with Gasteiger partial charge in [0.25, 0.3) is 5.91 Å². The smallest absolute Gasteiger partial charge is 0.306 e. The molecular formula is C25H27ClN2O5. The number of nitrogens with one attached hydrogen (secondary N) is 1. The maximum atomic E-state index is 12.6. The number of nitrogens with zero attached hydrogens (tertiary/aromatic N) is 1. The van der Waals surface area contributed by atoms with Crippen LogP contribution in [-0.4, -0.2) is 30.6 Å². The van der Waals surface area contributed by atoms with Crippen LogP contribution in [0.1, 0.15) is 60.2 Å². The molecule has 0 spiro atoms. The summed E-state index contributed by atoms with van der Waals surface area (Å²) < 4.78 is 11.4. The zero-order valence-corrected chi connectivity index (χ0v) is 19.4. The molecule has 174 valence electrons. The third-order valence-electron chi connectivity index (χ3n) is 6.04. The number of nitriles is 1. The summed E-state index contributed by atoms with van der Waals surface area (Å²) in [5, 5.41) is 21.5. The van der Waals surface area contributed by atoms with Gasteiger partial charge in [0.1, 0.15) is 17.6 Å². The van der Waals surface area contributed by atoms with Crippen molar-refractivity contribution in [2.24, 2.45) is 11.8 Å². The van der Waals surface area contributed by atoms with E-state index in [9.17, 15) is 14.9 Å². The highest BCUT2D eigenvalue weighted by atomic mass is 35.5. The average molecular weight is 471 g/mol. The molecule has 1 saturated carbocycles. The third-order valence-corrected chi connectivity index (χ3v) is 6.34. The summed E-state index contributed by atoms with van der Waals surface area (Å²) in [7, 11) is 1.55. The molecule has 1 amide bonds. The van der Waals surface area contributed by atoms with E-state index in [0.29, 0.717) is 52.6 Å². The molecule has 1 atom stereocenters. The third kappa shape index (κ3) is 6.17. The van der Waals surface area contributed by atoms with E-state index in [0.717, 1.165) is 12.8 Å². The van der Waals surface area contributed by atoms with Crippen LogP contribution >= 0.6 is 11.6 Å². The standard InChI is InChI=1S/C25H27ClN2O5/c1-15(20-11-17(13-27)5-9-22(20)32-2)33-23-10-8-19(12-21(23)26)24(29)28-14-16-3-6-18(7-4-16)25(30)31/h5,8-12,15-16,18H,3-4,6-7,14H2,1-2H3,(H,28,29)(H,30,31)/t15?,16-,18-. The Bertz CT molecular complexity index is 1060. The van der Waals surface area contributed by atoms with Gasteiger partial charge in [0.2, 0.25) is 0 Å². The lowest BCUT2D eigenvalue weighted by Gasteiger charge is -2.26. The van der Waals surface area contributed by atoms with E-state index >= 15 is 0 Å². The van der Waals surface area contributed by atoms with Gasteiger partial charge in [-0.2, -0.15) is 5.26 Å². The first-order valence-electron chi connectivity index (χ1n) is 10.9. The molecule has 2 aromatic rings. The zero-order valence-electron chi connectivity index (χ0n) is 18.6. The van der Waals surface area contributed by atoms with Gasteiger partial charge in [-0.1, -0.05) is 11.6 Å². The first-order chi connectivity index (χ1) is 15.8. The molecule has 1 fully saturated rings. The molecule has 1 unspecified atom stereocenters. The summed E-state index contributed by atoms with van der Waals surface area (Å²) in [6.45, 7) is 2.34. The van der Waals surface area contributed by atoms with E-state index in [1.807, 2.05) is 6.92 Å². The molecule has 2 aromatic carbocycles. The number of rotatable bonds is 8. The summed E-state index contributed by atoms with van der Waals surface area (Å²) in [5.41, 5.74) is 1.63. The van der Waals surface area contributed by atoms with Crippen LogP contribution in [0.5, 0.6) is 11.5 Å². The fourth-order valence-electron chi connectivity index (χ4n) is 4.07. The second kappa shape index (κ2) is 11.1. The molecule has 0 heterocycles. The van der Waals surface area contributed by atoms with Gasteiger partial charge < -0.3 is 19.9 Å². The average Bonchev–Trinajstić information content (AvgIpc) is 2.83. The van der Waals surface area contributed by atoms with E-state index in [-0.39, 0.29) is 17.7 Å². The topological polar surface area (TPSA) is 109 Å². The molecule has 0 aliphatic heterocycles. The van der Waals surface area contributed by atoms with Gasteiger partial charge in [0.15, 0.2) is 0 Å². The Morgan fingerprint density at radius 2 is 1.88 bits per heavy atom. The number of ether oxygens (including phenoxy) is 2. The van der Waals surface area contributed by atoms with Crippen molar-refractivity contribution in [3.8, 4) is 17.6 Å². The van der Waals surface area contributed by atoms with Crippen molar-refractivity contribution in [3.63, 3.8) is 0 Å². The normalized spacial score (nSPS) is 18.6. The highest BCUT2D eigenvalue weighted by molar-refractivity contribution is 6.32. The number of methoxy groups -OCH3 is 1. The van der Waals surface area contributed by atoms with Crippen molar-refractivity contribution in [2.45, 2.75) is 38.7 Å². The molecule has 8 heteroatoms. The van der Waals surface area contributed by atoms with Gasteiger partial charge in [-0.15, -0.1) is 0 Å². The molecular weight excluding hydrogens is 444 g/mol. The quantitative estimate of drug-likeness (QED) is 0.563. The molecule has 0 saturated heterocycles. The van der Waals surface area contributed by atoms with Crippen LogP contribution in [0, 0.1) is 23.2 Å². The van der Waals surface area contributed by atoms with Gasteiger partial charge >= 0.3 is 5.97 Å². The Hall–Kier alpha value is -3.24. The van der Waals surface area contributed by atoms with Crippen LogP contribution in [0.25, 0.3) is 0 Å². The molecule has 3 rings (SSSR count). The van der Waals surface area contributed by atoms with E-state index in [1.54, 1.807) is 43.5 Å². The lowest BCUT2D eigenvalue weighted by atomic mass is 9.82. The van der Waals surface area contributed by atoms with Crippen LogP contribution in [0.15, 0.2) is 36.4 Å². The maximum absolute atomic E-state index is 12.6. The Morgan fingerprint density at radius 3 is 2.48 bits per heavy atom. The summed E-state index contributed by atoms with van der Waals surface area (Å²) >= 11 is 6.39. The van der Waals surface area contributed by atoms with Crippen molar-refractivity contribution in [2.75, 3.05) is 13.7 Å². The first-order valence-corrected chi connectivity index (χ1v) is 11.3. The predicted octanol–water partition coefficient (Wildman–Crippen LogP) is 4.98. The predicted molar refractivity (Wildman–Crippen MR) is 124 cm³/mol. The van der Waals surface area contributed by atoms with Crippen molar-refractivity contribution in [1.29, 1.82) is 5.26 Å². The minimum absolute atomic E-state index is 0.236. The van der Waals surface area contributed by atoms with E-state index in [2.05, 4.69) is 11.4 Å². The number of carboxylic acid groups (broad SMARTS) is 1. The molecule has 33 heavy (non-hydrogen) atoms. The Kier molecular flexibility index (Phi) is 8.18. The second-order valence-electron chi connectivity index (χ2n) is 8.24. The summed E-state index contributed by atoms with van der Waals surface area (Å²) in [5.74, 6) is 0.0546. The Labute approximate surface area is 198 Å². The molecule has 2 N–H and O–H groups in total. The van der Waals surface area contributed by atoms with Crippen LogP contribution in [0.4, 0.5) is 0 Å². The fourth-order valence-corrected chi connectivity index (χ4v) is 4.29. The zero-order chi connectivity index (χ0) is 24.0. The monoisotopic (exact) mass is 470 g/mol. The molecule has 0 bridgehead atoms. The van der Waals surface area contributed by atoms with Gasteiger partial charge in [-0.25, -0.2) is 0 Å². The highest BCUT2D eigenvalue weighted by Crippen LogP contribution is 2.34. The lowest BCUT2D eigenvalue weighted by Crippen LogP contribution is -2.32. The number of amides is 1. The van der Waals surface area contributed by atoms with Crippen molar-refractivity contribution >= 4 is 23.5 Å². The number of hydrogen-bond acceptors (Lipinski definition) is 5. The van der Waals surface area contributed by atoms with Gasteiger partial charge in [-0.3, -0.25) is 9.59 Å². The molecule has 0 radical (unpaired) electrons. The molecule has 1 aliphatic rings. The number of benzene rings is 2. The van der Waals surface area contributed by atoms with Crippen LogP contribution in [-0.2, 0) is 4.79 Å². The SMILES string of the molecule is COc1ccc(C#N)cc1C(C)Oc1ccc(C(=O)NC[C@H]2CC[C@H](C(=O)O)CC2)cc1Cl. The van der Waals surface area contributed by atoms with Crippen LogP contribution < -0.4 is 14.8 Å². The Balaban J connectivity index is 1.60. The first kappa shape index (κ1) is 24.4. The maximum Gasteiger partial charge on any atom is 0.306 e. The van der Waals surface area contributed by atoms with Crippen molar-refractivity contribution < 1.29 is 24.2 Å². The summed E-state index contributed by atoms with van der Waals surface area (Å²) in [6.07, 6.45) is 2.44. The number of halogens is 1. The minimum Gasteiger partial charge on any atom is -0.496 e. The van der Waals surface area contributed by atoms with E-state index in [4.69, 9.17) is 26.2 Å². The van der Waals surface area contributed by atoms with E-state index < -0.39 is 12.1 Å². The molecule has 7 nitrogen and oxygen atoms in total. The van der Waals surface area contributed by atoms with Crippen molar-refractivity contribution in [3.05, 3.63) is 58.1 Å². The summed E-state index contributed by atoms with van der Waals surface area (Å²) in [4.78, 5) is 23.6. The second-order valence-corrected chi connectivity index (χ2v) is 8.65. The number of carbonyl (C=O) groups excluding carboxylic acids is 1. The van der Waals surface area contributed by atoms with Crippen molar-refractivity contribution in [1.82, 2.24) is 5.32 Å². The largest absolute Gasteiger partial charge is 0.496 e. The van der Waals surface area contributed by atoms with Gasteiger partial charge in [0, 0.05) is 17.7 Å². The van der Waals surface area contributed by atoms with Crippen LogP contribution in [0.2, 0.25) is 5.02 Å².